The quantitative estimate of drug-likeness (QED) is 0.758. The van der Waals surface area contributed by atoms with Crippen molar-refractivity contribution in [2.75, 3.05) is 20.7 Å². The van der Waals surface area contributed by atoms with Crippen LogP contribution >= 0.6 is 0 Å². The molecule has 6 heteroatoms. The van der Waals surface area contributed by atoms with E-state index in [0.29, 0.717) is 5.56 Å². The number of rotatable bonds is 5. The Morgan fingerprint density at radius 1 is 1.09 bits per heavy atom. The third-order valence-electron chi connectivity index (χ3n) is 7.09. The molecule has 4 rings (SSSR count). The number of nitriles is 1. The van der Waals surface area contributed by atoms with Crippen LogP contribution in [0.15, 0.2) is 48.5 Å². The standard InChI is InChI=1S/C27H31N3O3/c1-29(2)26(32)20-12-8-11-19(15-20)21-13-6-7-14-22(21)25-23(16-28)30(24(25)17-31)27(33)18-9-4-3-5-10-18/h6-8,11-15,18,23-25,31H,3-5,9-10,17H2,1-2H3/t23-,24-,25+/m0/s1. The zero-order valence-electron chi connectivity index (χ0n) is 19.3. The Morgan fingerprint density at radius 2 is 1.82 bits per heavy atom. The van der Waals surface area contributed by atoms with Crippen LogP contribution in [0.25, 0.3) is 11.1 Å². The smallest absolute Gasteiger partial charge is 0.253 e. The molecule has 2 fully saturated rings. The second-order valence-electron chi connectivity index (χ2n) is 9.30. The molecule has 3 atom stereocenters. The fourth-order valence-electron chi connectivity index (χ4n) is 5.37. The van der Waals surface area contributed by atoms with Gasteiger partial charge in [0.05, 0.1) is 18.7 Å². The number of benzene rings is 2. The Kier molecular flexibility index (Phi) is 6.80. The van der Waals surface area contributed by atoms with Gasteiger partial charge in [-0.2, -0.15) is 5.26 Å². The van der Waals surface area contributed by atoms with Crippen LogP contribution in [0.1, 0.15) is 53.9 Å². The molecule has 2 aromatic carbocycles. The van der Waals surface area contributed by atoms with E-state index in [4.69, 9.17) is 0 Å². The number of likely N-dealkylation sites (tertiary alicyclic amines) is 1. The van der Waals surface area contributed by atoms with E-state index in [2.05, 4.69) is 6.07 Å². The largest absolute Gasteiger partial charge is 0.394 e. The number of aliphatic hydroxyl groups excluding tert-OH is 1. The highest BCUT2D eigenvalue weighted by Gasteiger charge is 2.53. The van der Waals surface area contributed by atoms with E-state index in [1.165, 1.54) is 0 Å². The van der Waals surface area contributed by atoms with Crippen LogP contribution in [0, 0.1) is 17.2 Å². The first-order valence-corrected chi connectivity index (χ1v) is 11.7. The summed E-state index contributed by atoms with van der Waals surface area (Å²) in [6.45, 7) is -0.186. The highest BCUT2D eigenvalue weighted by atomic mass is 16.3. The van der Waals surface area contributed by atoms with Crippen LogP contribution in [-0.2, 0) is 4.79 Å². The first kappa shape index (κ1) is 23.0. The van der Waals surface area contributed by atoms with Crippen LogP contribution < -0.4 is 0 Å². The number of carbonyl (C=O) groups is 2. The Hall–Kier alpha value is -3.17. The molecule has 6 nitrogen and oxygen atoms in total. The third kappa shape index (κ3) is 4.26. The van der Waals surface area contributed by atoms with Gasteiger partial charge in [0, 0.05) is 31.5 Å². The summed E-state index contributed by atoms with van der Waals surface area (Å²) in [7, 11) is 3.44. The van der Waals surface area contributed by atoms with Crippen LogP contribution in [0.4, 0.5) is 0 Å². The number of aliphatic hydroxyl groups is 1. The maximum absolute atomic E-state index is 13.3. The molecule has 172 valence electrons. The molecule has 0 unspecified atom stereocenters. The summed E-state index contributed by atoms with van der Waals surface area (Å²) in [5.41, 5.74) is 3.30. The van der Waals surface area contributed by atoms with Crippen LogP contribution in [-0.4, -0.2) is 59.5 Å². The molecular formula is C27H31N3O3. The Balaban J connectivity index is 1.68. The zero-order valence-corrected chi connectivity index (χ0v) is 19.3. The van der Waals surface area contributed by atoms with Gasteiger partial charge in [-0.05, 0) is 41.7 Å². The summed E-state index contributed by atoms with van der Waals surface area (Å²) in [5.74, 6) is -0.400. The highest BCUT2D eigenvalue weighted by Crippen LogP contribution is 2.45. The minimum absolute atomic E-state index is 0.00704. The Labute approximate surface area is 195 Å². The number of hydrogen-bond acceptors (Lipinski definition) is 4. The molecule has 2 aromatic rings. The van der Waals surface area contributed by atoms with Gasteiger partial charge in [-0.1, -0.05) is 55.7 Å². The molecular weight excluding hydrogens is 414 g/mol. The Morgan fingerprint density at radius 3 is 2.48 bits per heavy atom. The number of nitrogens with zero attached hydrogens (tertiary/aromatic N) is 3. The van der Waals surface area contributed by atoms with Crippen molar-refractivity contribution in [1.29, 1.82) is 5.26 Å². The van der Waals surface area contributed by atoms with Crippen molar-refractivity contribution < 1.29 is 14.7 Å². The van der Waals surface area contributed by atoms with Gasteiger partial charge in [0.15, 0.2) is 0 Å². The average Bonchev–Trinajstić information content (AvgIpc) is 2.84. The van der Waals surface area contributed by atoms with Gasteiger partial charge in [0.1, 0.15) is 6.04 Å². The zero-order chi connectivity index (χ0) is 23.5. The lowest BCUT2D eigenvalue weighted by molar-refractivity contribution is -0.152. The minimum atomic E-state index is -0.607. The van der Waals surface area contributed by atoms with Gasteiger partial charge in [0.2, 0.25) is 5.91 Å². The second kappa shape index (κ2) is 9.76. The van der Waals surface area contributed by atoms with Crippen molar-refractivity contribution in [2.45, 2.75) is 50.1 Å². The molecule has 2 aliphatic rings. The van der Waals surface area contributed by atoms with E-state index in [-0.39, 0.29) is 30.3 Å². The lowest BCUT2D eigenvalue weighted by Crippen LogP contribution is -2.66. The number of carbonyl (C=O) groups excluding carboxylic acids is 2. The van der Waals surface area contributed by atoms with E-state index in [1.807, 2.05) is 42.5 Å². The number of amides is 2. The maximum atomic E-state index is 13.3. The molecule has 0 spiro atoms. The van der Waals surface area contributed by atoms with Crippen LogP contribution in [0.3, 0.4) is 0 Å². The summed E-state index contributed by atoms with van der Waals surface area (Å²) in [6, 6.07) is 16.6. The van der Waals surface area contributed by atoms with Gasteiger partial charge in [-0.15, -0.1) is 0 Å². The van der Waals surface area contributed by atoms with Gasteiger partial charge in [-0.3, -0.25) is 9.59 Å². The summed E-state index contributed by atoms with van der Waals surface area (Å²) < 4.78 is 0. The third-order valence-corrected chi connectivity index (χ3v) is 7.09. The molecule has 0 radical (unpaired) electrons. The van der Waals surface area contributed by atoms with Crippen molar-refractivity contribution in [1.82, 2.24) is 9.80 Å². The lowest BCUT2D eigenvalue weighted by atomic mass is 9.72. The van der Waals surface area contributed by atoms with Gasteiger partial charge in [0.25, 0.3) is 5.91 Å². The van der Waals surface area contributed by atoms with Crippen LogP contribution in [0.5, 0.6) is 0 Å². The second-order valence-corrected chi connectivity index (χ2v) is 9.30. The molecule has 33 heavy (non-hydrogen) atoms. The van der Waals surface area contributed by atoms with Gasteiger partial charge >= 0.3 is 0 Å². The summed E-state index contributed by atoms with van der Waals surface area (Å²) in [6.07, 6.45) is 4.96. The monoisotopic (exact) mass is 445 g/mol. The molecule has 1 N–H and O–H groups in total. The van der Waals surface area contributed by atoms with Crippen molar-refractivity contribution >= 4 is 11.8 Å². The van der Waals surface area contributed by atoms with Crippen molar-refractivity contribution in [2.24, 2.45) is 5.92 Å². The predicted molar refractivity (Wildman–Crippen MR) is 126 cm³/mol. The fourth-order valence-corrected chi connectivity index (χ4v) is 5.37. The first-order chi connectivity index (χ1) is 16.0. The van der Waals surface area contributed by atoms with Crippen molar-refractivity contribution in [3.63, 3.8) is 0 Å². The number of hydrogen-bond donors (Lipinski definition) is 1. The minimum Gasteiger partial charge on any atom is -0.394 e. The van der Waals surface area contributed by atoms with E-state index in [0.717, 1.165) is 48.8 Å². The maximum Gasteiger partial charge on any atom is 0.253 e. The fraction of sp³-hybridized carbons (Fsp3) is 0.444. The summed E-state index contributed by atoms with van der Waals surface area (Å²) in [5, 5.41) is 20.2. The van der Waals surface area contributed by atoms with Gasteiger partial charge < -0.3 is 14.9 Å². The van der Waals surface area contributed by atoms with E-state index >= 15 is 0 Å². The van der Waals surface area contributed by atoms with Gasteiger partial charge in [-0.25, -0.2) is 0 Å². The van der Waals surface area contributed by atoms with E-state index < -0.39 is 12.1 Å². The molecule has 0 bridgehead atoms. The normalized spacial score (nSPS) is 22.8. The van der Waals surface area contributed by atoms with E-state index in [1.54, 1.807) is 30.0 Å². The van der Waals surface area contributed by atoms with E-state index in [9.17, 15) is 20.0 Å². The summed E-state index contributed by atoms with van der Waals surface area (Å²) in [4.78, 5) is 28.9. The van der Waals surface area contributed by atoms with Crippen LogP contribution in [0.2, 0.25) is 0 Å². The highest BCUT2D eigenvalue weighted by molar-refractivity contribution is 5.95. The summed E-state index contributed by atoms with van der Waals surface area (Å²) >= 11 is 0. The Bertz CT molecular complexity index is 1070. The van der Waals surface area contributed by atoms with Crippen molar-refractivity contribution in [3.05, 3.63) is 59.7 Å². The molecule has 2 amide bonds. The average molecular weight is 446 g/mol. The molecule has 1 heterocycles. The SMILES string of the molecule is CN(C)C(=O)c1cccc(-c2ccccc2[C@@H]2[C@H](C#N)N(C(=O)C3CCCCC3)[C@H]2CO)c1. The van der Waals surface area contributed by atoms with Crippen molar-refractivity contribution in [3.8, 4) is 17.2 Å². The first-order valence-electron chi connectivity index (χ1n) is 11.7. The molecule has 0 aromatic heterocycles. The lowest BCUT2D eigenvalue weighted by Gasteiger charge is -2.53. The molecule has 1 saturated heterocycles. The predicted octanol–water partition coefficient (Wildman–Crippen LogP) is 3.81. The molecule has 1 aliphatic carbocycles. The molecule has 1 aliphatic heterocycles. The molecule has 1 saturated carbocycles. The topological polar surface area (TPSA) is 84.6 Å².